The van der Waals surface area contributed by atoms with Gasteiger partial charge in [0.1, 0.15) is 0 Å². The molecule has 1 aromatic rings. The van der Waals surface area contributed by atoms with E-state index in [0.717, 1.165) is 29.7 Å². The van der Waals surface area contributed by atoms with Crippen LogP contribution in [-0.4, -0.2) is 29.2 Å². The minimum absolute atomic E-state index is 0.0834. The van der Waals surface area contributed by atoms with Crippen LogP contribution in [0.3, 0.4) is 0 Å². The smallest absolute Gasteiger partial charge is 0.399 e. The van der Waals surface area contributed by atoms with Crippen molar-refractivity contribution >= 4 is 12.6 Å². The lowest BCUT2D eigenvalue weighted by molar-refractivity contribution is -0.0876. The Kier molecular flexibility index (Phi) is 4.66. The molecule has 0 radical (unpaired) electrons. The summed E-state index contributed by atoms with van der Waals surface area (Å²) in [6, 6.07) is 3.93. The van der Waals surface area contributed by atoms with E-state index in [4.69, 9.17) is 14.3 Å². The molecule has 1 saturated heterocycles. The number of halogens is 2. The molecule has 0 unspecified atom stereocenters. The number of rotatable bonds is 3. The number of aromatic nitrogens is 1. The molecule has 1 aromatic heterocycles. The van der Waals surface area contributed by atoms with Gasteiger partial charge >= 0.3 is 7.12 Å². The van der Waals surface area contributed by atoms with Gasteiger partial charge in [-0.15, -0.1) is 0 Å². The Bertz CT molecular complexity index is 692. The molecule has 2 aliphatic carbocycles. The molecule has 4 rings (SSSR count). The highest BCUT2D eigenvalue weighted by atomic mass is 19.3. The van der Waals surface area contributed by atoms with Crippen LogP contribution in [0.15, 0.2) is 12.1 Å². The summed E-state index contributed by atoms with van der Waals surface area (Å²) in [6.07, 6.45) is 5.69. The first-order chi connectivity index (χ1) is 12.6. The summed E-state index contributed by atoms with van der Waals surface area (Å²) in [4.78, 5) is 4.93. The van der Waals surface area contributed by atoms with E-state index >= 15 is 0 Å². The molecule has 6 heteroatoms. The monoisotopic (exact) mass is 377 g/mol. The second-order valence-corrected chi connectivity index (χ2v) is 9.59. The topological polar surface area (TPSA) is 31.4 Å². The summed E-state index contributed by atoms with van der Waals surface area (Å²) in [5.41, 5.74) is 1.99. The molecule has 3 fully saturated rings. The quantitative estimate of drug-likeness (QED) is 0.699. The second kappa shape index (κ2) is 6.52. The van der Waals surface area contributed by atoms with Crippen LogP contribution in [0.4, 0.5) is 8.78 Å². The third-order valence-electron chi connectivity index (χ3n) is 6.99. The zero-order valence-corrected chi connectivity index (χ0v) is 16.9. The average molecular weight is 377 g/mol. The lowest BCUT2D eigenvalue weighted by Gasteiger charge is -2.35. The molecule has 3 aliphatic rings. The Hall–Kier alpha value is -1.01. The molecule has 0 amide bonds. The van der Waals surface area contributed by atoms with E-state index in [9.17, 15) is 8.78 Å². The van der Waals surface area contributed by atoms with Gasteiger partial charge in [-0.1, -0.05) is 25.3 Å². The Labute approximate surface area is 161 Å². The number of hydrogen-bond donors (Lipinski definition) is 0. The Balaban J connectivity index is 1.66. The highest BCUT2D eigenvalue weighted by molar-refractivity contribution is 6.62. The maximum Gasteiger partial charge on any atom is 0.496 e. The summed E-state index contributed by atoms with van der Waals surface area (Å²) in [7, 11) is -0.448. The summed E-state index contributed by atoms with van der Waals surface area (Å²) >= 11 is 0. The van der Waals surface area contributed by atoms with Gasteiger partial charge in [-0.25, -0.2) is 8.78 Å². The molecule has 1 aliphatic heterocycles. The van der Waals surface area contributed by atoms with E-state index in [0.29, 0.717) is 5.92 Å². The first-order valence-electron chi connectivity index (χ1n) is 10.3. The van der Waals surface area contributed by atoms with Crippen molar-refractivity contribution in [2.24, 2.45) is 0 Å². The molecule has 0 N–H and O–H groups in total. The van der Waals surface area contributed by atoms with Crippen molar-refractivity contribution in [1.29, 1.82) is 0 Å². The fraction of sp³-hybridized carbons (Fsp3) is 0.762. The fourth-order valence-electron chi connectivity index (χ4n) is 4.47. The van der Waals surface area contributed by atoms with Gasteiger partial charge in [0, 0.05) is 41.5 Å². The van der Waals surface area contributed by atoms with Crippen LogP contribution >= 0.6 is 0 Å². The first-order valence-corrected chi connectivity index (χ1v) is 10.3. The van der Waals surface area contributed by atoms with E-state index in [2.05, 4.69) is 0 Å². The minimum atomic E-state index is -2.53. The van der Waals surface area contributed by atoms with E-state index in [1.807, 2.05) is 39.8 Å². The number of hydrogen-bond acceptors (Lipinski definition) is 3. The van der Waals surface area contributed by atoms with Crippen LogP contribution in [-0.2, 0) is 9.31 Å². The van der Waals surface area contributed by atoms with Crippen molar-refractivity contribution in [1.82, 2.24) is 4.98 Å². The highest BCUT2D eigenvalue weighted by Gasteiger charge is 2.53. The average Bonchev–Trinajstić information content (AvgIpc) is 2.80. The fourth-order valence-corrected chi connectivity index (χ4v) is 4.47. The van der Waals surface area contributed by atoms with E-state index in [-0.39, 0.29) is 18.8 Å². The summed E-state index contributed by atoms with van der Waals surface area (Å²) < 4.78 is 39.3. The van der Waals surface area contributed by atoms with E-state index in [1.165, 1.54) is 19.3 Å². The van der Waals surface area contributed by atoms with Gasteiger partial charge in [-0.05, 0) is 46.6 Å². The Morgan fingerprint density at radius 2 is 1.52 bits per heavy atom. The number of nitrogens with zero attached hydrogens (tertiary/aromatic N) is 1. The van der Waals surface area contributed by atoms with Crippen molar-refractivity contribution in [2.45, 2.75) is 102 Å². The zero-order chi connectivity index (χ0) is 19.4. The normalized spacial score (nSPS) is 27.6. The molecule has 0 spiro atoms. The third-order valence-corrected chi connectivity index (χ3v) is 6.99. The molecule has 148 valence electrons. The van der Waals surface area contributed by atoms with E-state index in [1.54, 1.807) is 0 Å². The molecule has 27 heavy (non-hydrogen) atoms. The lowest BCUT2D eigenvalue weighted by Crippen LogP contribution is -2.41. The van der Waals surface area contributed by atoms with Gasteiger partial charge in [-0.3, -0.25) is 4.98 Å². The number of alkyl halides is 2. The highest BCUT2D eigenvalue weighted by Crippen LogP contribution is 2.48. The Morgan fingerprint density at radius 1 is 0.926 bits per heavy atom. The van der Waals surface area contributed by atoms with Crippen LogP contribution in [0, 0.1) is 0 Å². The molecule has 2 heterocycles. The predicted octanol–water partition coefficient (Wildman–Crippen LogP) is 4.94. The van der Waals surface area contributed by atoms with Crippen molar-refractivity contribution < 1.29 is 18.1 Å². The summed E-state index contributed by atoms with van der Waals surface area (Å²) in [5, 5.41) is 0. The van der Waals surface area contributed by atoms with Gasteiger partial charge < -0.3 is 9.31 Å². The standard InChI is InChI=1S/C21H30BF2NO2/c1-19(2)20(3,4)27-22(26-19)16-10-11-17(15-12-21(23,24)13-15)25-18(16)14-8-6-5-7-9-14/h10-11,14-15H,5-9,12-13H2,1-4H3. The molecule has 0 atom stereocenters. The molecule has 0 bridgehead atoms. The van der Waals surface area contributed by atoms with Gasteiger partial charge in [0.05, 0.1) is 11.2 Å². The molecule has 0 aromatic carbocycles. The molecular weight excluding hydrogens is 347 g/mol. The van der Waals surface area contributed by atoms with E-state index < -0.39 is 24.2 Å². The van der Waals surface area contributed by atoms with Crippen LogP contribution in [0.2, 0.25) is 0 Å². The summed E-state index contributed by atoms with van der Waals surface area (Å²) in [6.45, 7) is 8.19. The van der Waals surface area contributed by atoms with Gasteiger partial charge in [0.15, 0.2) is 0 Å². The van der Waals surface area contributed by atoms with Crippen molar-refractivity contribution in [2.75, 3.05) is 0 Å². The summed E-state index contributed by atoms with van der Waals surface area (Å²) in [5.74, 6) is -2.29. The van der Waals surface area contributed by atoms with Crippen molar-refractivity contribution in [3.63, 3.8) is 0 Å². The van der Waals surface area contributed by atoms with Crippen molar-refractivity contribution in [3.05, 3.63) is 23.5 Å². The Morgan fingerprint density at radius 3 is 2.07 bits per heavy atom. The zero-order valence-electron chi connectivity index (χ0n) is 16.9. The van der Waals surface area contributed by atoms with Gasteiger partial charge in [0.2, 0.25) is 5.92 Å². The van der Waals surface area contributed by atoms with Crippen LogP contribution in [0.25, 0.3) is 0 Å². The molecule has 2 saturated carbocycles. The maximum absolute atomic E-state index is 13.4. The first kappa shape index (κ1) is 19.3. The van der Waals surface area contributed by atoms with Crippen LogP contribution < -0.4 is 5.46 Å². The SMILES string of the molecule is CC1(C)OB(c2ccc(C3CC(F)(F)C3)nc2C2CCCCC2)OC1(C)C. The van der Waals surface area contributed by atoms with Crippen LogP contribution in [0.5, 0.6) is 0 Å². The minimum Gasteiger partial charge on any atom is -0.399 e. The largest absolute Gasteiger partial charge is 0.496 e. The molecule has 3 nitrogen and oxygen atoms in total. The maximum atomic E-state index is 13.4. The number of pyridine rings is 1. The van der Waals surface area contributed by atoms with Gasteiger partial charge in [0.25, 0.3) is 0 Å². The van der Waals surface area contributed by atoms with Gasteiger partial charge in [-0.2, -0.15) is 0 Å². The predicted molar refractivity (Wildman–Crippen MR) is 103 cm³/mol. The third kappa shape index (κ3) is 3.55. The van der Waals surface area contributed by atoms with Crippen LogP contribution in [0.1, 0.15) is 95.9 Å². The van der Waals surface area contributed by atoms with Crippen molar-refractivity contribution in [3.8, 4) is 0 Å². The lowest BCUT2D eigenvalue weighted by atomic mass is 9.71. The second-order valence-electron chi connectivity index (χ2n) is 9.59. The molecular formula is C21H30BF2NO2.